The Morgan fingerprint density at radius 2 is 1.65 bits per heavy atom. The molecular weight excluding hydrogens is 292 g/mol. The monoisotopic (exact) mass is 312 g/mol. The van der Waals surface area contributed by atoms with Crippen LogP contribution >= 0.6 is 0 Å². The molecule has 0 amide bonds. The first-order valence-electron chi connectivity index (χ1n) is 7.74. The third-order valence-electron chi connectivity index (χ3n) is 3.64. The van der Waals surface area contributed by atoms with Crippen molar-refractivity contribution in [1.29, 1.82) is 0 Å². The SMILES string of the molecule is CCOc1ccc(-n2nc3c(OCC)nnc(C)c3c2C)cc1. The standard InChI is InChI=1S/C17H20N4O2/c1-5-22-14-9-7-13(8-10-14)21-12(4)15-11(3)18-19-17(23-6-2)16(15)20-21/h7-10H,5-6H2,1-4H3. The van der Waals surface area contributed by atoms with E-state index in [2.05, 4.69) is 15.3 Å². The molecule has 0 fully saturated rings. The maximum Gasteiger partial charge on any atom is 0.262 e. The third-order valence-corrected chi connectivity index (χ3v) is 3.64. The third kappa shape index (κ3) is 2.72. The summed E-state index contributed by atoms with van der Waals surface area (Å²) in [5, 5.41) is 14.0. The molecule has 0 atom stereocenters. The molecule has 0 unspecified atom stereocenters. The number of ether oxygens (including phenoxy) is 2. The number of nitrogens with zero attached hydrogens (tertiary/aromatic N) is 4. The molecule has 0 aliphatic heterocycles. The van der Waals surface area contributed by atoms with Crippen LogP contribution in [0.25, 0.3) is 16.6 Å². The second-order valence-corrected chi connectivity index (χ2v) is 5.17. The van der Waals surface area contributed by atoms with Gasteiger partial charge in [0.15, 0.2) is 5.52 Å². The molecule has 0 bridgehead atoms. The Labute approximate surface area is 135 Å². The molecule has 0 aliphatic rings. The molecule has 0 spiro atoms. The summed E-state index contributed by atoms with van der Waals surface area (Å²) in [6.45, 7) is 9.03. The number of hydrogen-bond donors (Lipinski definition) is 0. The average molecular weight is 312 g/mol. The van der Waals surface area contributed by atoms with Crippen LogP contribution in [-0.2, 0) is 0 Å². The van der Waals surface area contributed by atoms with E-state index < -0.39 is 0 Å². The van der Waals surface area contributed by atoms with Crippen molar-refractivity contribution in [2.24, 2.45) is 0 Å². The predicted molar refractivity (Wildman–Crippen MR) is 88.5 cm³/mol. The molecule has 23 heavy (non-hydrogen) atoms. The molecule has 1 aromatic carbocycles. The molecule has 3 aromatic rings. The largest absolute Gasteiger partial charge is 0.494 e. The minimum absolute atomic E-state index is 0.473. The van der Waals surface area contributed by atoms with Gasteiger partial charge in [0.1, 0.15) is 5.75 Å². The van der Waals surface area contributed by atoms with E-state index in [1.165, 1.54) is 0 Å². The molecule has 6 nitrogen and oxygen atoms in total. The highest BCUT2D eigenvalue weighted by atomic mass is 16.5. The number of aromatic nitrogens is 4. The Morgan fingerprint density at radius 1 is 0.957 bits per heavy atom. The van der Waals surface area contributed by atoms with E-state index in [-0.39, 0.29) is 0 Å². The molecule has 3 rings (SSSR count). The maximum atomic E-state index is 5.56. The lowest BCUT2D eigenvalue weighted by Gasteiger charge is -2.06. The van der Waals surface area contributed by atoms with Gasteiger partial charge in [0, 0.05) is 0 Å². The summed E-state index contributed by atoms with van der Waals surface area (Å²) in [6.07, 6.45) is 0. The van der Waals surface area contributed by atoms with Crippen molar-refractivity contribution < 1.29 is 9.47 Å². The van der Waals surface area contributed by atoms with Crippen LogP contribution in [0.15, 0.2) is 24.3 Å². The van der Waals surface area contributed by atoms with Gasteiger partial charge >= 0.3 is 0 Å². The van der Waals surface area contributed by atoms with Crippen LogP contribution in [0.3, 0.4) is 0 Å². The zero-order valence-electron chi connectivity index (χ0n) is 13.8. The summed E-state index contributed by atoms with van der Waals surface area (Å²) in [5.74, 6) is 1.32. The summed E-state index contributed by atoms with van der Waals surface area (Å²) >= 11 is 0. The van der Waals surface area contributed by atoms with Crippen molar-refractivity contribution in [3.05, 3.63) is 35.7 Å². The zero-order valence-corrected chi connectivity index (χ0v) is 13.8. The van der Waals surface area contributed by atoms with E-state index in [4.69, 9.17) is 9.47 Å². The van der Waals surface area contributed by atoms with Gasteiger partial charge in [-0.25, -0.2) is 4.68 Å². The molecule has 0 radical (unpaired) electrons. The lowest BCUT2D eigenvalue weighted by Crippen LogP contribution is -1.99. The average Bonchev–Trinajstić information content (AvgIpc) is 2.90. The summed E-state index contributed by atoms with van der Waals surface area (Å²) in [5.41, 5.74) is 3.56. The molecule has 2 heterocycles. The number of rotatable bonds is 5. The van der Waals surface area contributed by atoms with Crippen LogP contribution in [0.2, 0.25) is 0 Å². The molecule has 0 N–H and O–H groups in total. The highest BCUT2D eigenvalue weighted by molar-refractivity contribution is 5.87. The quantitative estimate of drug-likeness (QED) is 0.724. The molecule has 120 valence electrons. The molecule has 0 saturated carbocycles. The molecule has 0 aliphatic carbocycles. The first-order valence-corrected chi connectivity index (χ1v) is 7.74. The zero-order chi connectivity index (χ0) is 16.4. The summed E-state index contributed by atoms with van der Waals surface area (Å²) in [4.78, 5) is 0. The van der Waals surface area contributed by atoms with Crippen LogP contribution in [0.4, 0.5) is 0 Å². The van der Waals surface area contributed by atoms with Gasteiger partial charge in [-0.2, -0.15) is 10.2 Å². The Kier molecular flexibility index (Phi) is 4.14. The normalized spacial score (nSPS) is 11.0. The molecule has 6 heteroatoms. The van der Waals surface area contributed by atoms with Crippen molar-refractivity contribution in [3.63, 3.8) is 0 Å². The van der Waals surface area contributed by atoms with Gasteiger partial charge in [-0.05, 0) is 52.0 Å². The van der Waals surface area contributed by atoms with Crippen LogP contribution in [0.5, 0.6) is 11.6 Å². The van der Waals surface area contributed by atoms with Crippen LogP contribution in [-0.4, -0.2) is 33.2 Å². The summed E-state index contributed by atoms with van der Waals surface area (Å²) in [6, 6.07) is 7.86. The van der Waals surface area contributed by atoms with Gasteiger partial charge in [-0.15, -0.1) is 5.10 Å². The smallest absolute Gasteiger partial charge is 0.262 e. The Morgan fingerprint density at radius 3 is 2.30 bits per heavy atom. The number of aryl methyl sites for hydroxylation is 2. The highest BCUT2D eigenvalue weighted by Crippen LogP contribution is 2.28. The van der Waals surface area contributed by atoms with Gasteiger partial charge in [0.25, 0.3) is 5.88 Å². The minimum Gasteiger partial charge on any atom is -0.494 e. The fourth-order valence-electron chi connectivity index (χ4n) is 2.64. The lowest BCUT2D eigenvalue weighted by atomic mass is 10.2. The van der Waals surface area contributed by atoms with Gasteiger partial charge in [0.2, 0.25) is 0 Å². The van der Waals surface area contributed by atoms with E-state index in [9.17, 15) is 0 Å². The Balaban J connectivity index is 2.12. The summed E-state index contributed by atoms with van der Waals surface area (Å²) in [7, 11) is 0. The fourth-order valence-corrected chi connectivity index (χ4v) is 2.64. The van der Waals surface area contributed by atoms with Gasteiger partial charge in [-0.1, -0.05) is 0 Å². The number of benzene rings is 1. The topological polar surface area (TPSA) is 62.1 Å². The van der Waals surface area contributed by atoms with Crippen LogP contribution in [0.1, 0.15) is 25.2 Å². The van der Waals surface area contributed by atoms with Crippen molar-refractivity contribution in [1.82, 2.24) is 20.0 Å². The van der Waals surface area contributed by atoms with Gasteiger partial charge < -0.3 is 9.47 Å². The van der Waals surface area contributed by atoms with E-state index in [1.807, 2.05) is 56.6 Å². The van der Waals surface area contributed by atoms with Crippen molar-refractivity contribution >= 4 is 10.9 Å². The lowest BCUT2D eigenvalue weighted by molar-refractivity contribution is 0.326. The molecule has 2 aromatic heterocycles. The van der Waals surface area contributed by atoms with Gasteiger partial charge in [-0.3, -0.25) is 0 Å². The van der Waals surface area contributed by atoms with E-state index in [0.717, 1.165) is 33.7 Å². The van der Waals surface area contributed by atoms with E-state index in [0.29, 0.717) is 19.1 Å². The van der Waals surface area contributed by atoms with E-state index in [1.54, 1.807) is 0 Å². The first-order chi connectivity index (χ1) is 11.2. The predicted octanol–water partition coefficient (Wildman–Crippen LogP) is 3.23. The second-order valence-electron chi connectivity index (χ2n) is 5.17. The van der Waals surface area contributed by atoms with Crippen molar-refractivity contribution in [2.75, 3.05) is 13.2 Å². The van der Waals surface area contributed by atoms with Crippen LogP contribution < -0.4 is 9.47 Å². The Bertz CT molecular complexity index is 825. The fraction of sp³-hybridized carbons (Fsp3) is 0.353. The van der Waals surface area contributed by atoms with Gasteiger partial charge in [0.05, 0.1) is 35.7 Å². The van der Waals surface area contributed by atoms with Crippen molar-refractivity contribution in [2.45, 2.75) is 27.7 Å². The Hall–Kier alpha value is -2.63. The van der Waals surface area contributed by atoms with Crippen molar-refractivity contribution in [3.8, 4) is 17.3 Å². The molecule has 0 saturated heterocycles. The molecular formula is C17H20N4O2. The number of fused-ring (bicyclic) bond motifs is 1. The first kappa shape index (κ1) is 15.3. The second kappa shape index (κ2) is 6.24. The highest BCUT2D eigenvalue weighted by Gasteiger charge is 2.17. The maximum absolute atomic E-state index is 5.56. The number of hydrogen-bond acceptors (Lipinski definition) is 5. The summed E-state index contributed by atoms with van der Waals surface area (Å²) < 4.78 is 12.9. The van der Waals surface area contributed by atoms with E-state index >= 15 is 0 Å². The van der Waals surface area contributed by atoms with Crippen LogP contribution in [0, 0.1) is 13.8 Å². The minimum atomic E-state index is 0.473.